The first-order valence-corrected chi connectivity index (χ1v) is 5.33. The molecule has 0 spiro atoms. The number of methoxy groups -OCH3 is 1. The Morgan fingerprint density at radius 1 is 1.53 bits per heavy atom. The molecule has 0 radical (unpaired) electrons. The topological polar surface area (TPSA) is 50.4 Å². The van der Waals surface area contributed by atoms with Crippen molar-refractivity contribution in [2.24, 2.45) is 0 Å². The van der Waals surface area contributed by atoms with E-state index in [9.17, 15) is 4.79 Å². The zero-order valence-corrected chi connectivity index (χ0v) is 9.71. The Morgan fingerprint density at radius 3 is 2.87 bits per heavy atom. The van der Waals surface area contributed by atoms with Crippen LogP contribution in [-0.2, 0) is 9.53 Å². The van der Waals surface area contributed by atoms with Gasteiger partial charge >= 0.3 is 0 Å². The Balaban J connectivity index is 3.46. The second kappa shape index (κ2) is 9.68. The van der Waals surface area contributed by atoms with E-state index in [2.05, 4.69) is 17.2 Å². The fourth-order valence-corrected chi connectivity index (χ4v) is 1.09. The molecule has 1 atom stereocenters. The number of nitrogens with one attached hydrogen (secondary N) is 2. The maximum atomic E-state index is 11.4. The van der Waals surface area contributed by atoms with E-state index in [1.807, 2.05) is 13.0 Å². The first kappa shape index (κ1) is 14.1. The second-order valence-corrected chi connectivity index (χ2v) is 3.39. The molecule has 0 aromatic carbocycles. The van der Waals surface area contributed by atoms with Gasteiger partial charge in [-0.1, -0.05) is 6.08 Å². The lowest BCUT2D eigenvalue weighted by Gasteiger charge is -2.13. The van der Waals surface area contributed by atoms with Crippen LogP contribution in [0.5, 0.6) is 0 Å². The van der Waals surface area contributed by atoms with Gasteiger partial charge in [-0.15, -0.1) is 6.58 Å². The van der Waals surface area contributed by atoms with Crippen LogP contribution in [0.1, 0.15) is 19.8 Å². The molecule has 0 saturated heterocycles. The predicted molar refractivity (Wildman–Crippen MR) is 61.8 cm³/mol. The smallest absolute Gasteiger partial charge is 0.236 e. The first-order chi connectivity index (χ1) is 7.22. The van der Waals surface area contributed by atoms with Gasteiger partial charge < -0.3 is 15.4 Å². The molecular formula is C11H22N2O2. The van der Waals surface area contributed by atoms with Gasteiger partial charge in [-0.2, -0.15) is 0 Å². The van der Waals surface area contributed by atoms with Crippen LogP contribution in [0.4, 0.5) is 0 Å². The van der Waals surface area contributed by atoms with Crippen LogP contribution < -0.4 is 10.6 Å². The Morgan fingerprint density at radius 2 is 2.27 bits per heavy atom. The molecule has 0 aliphatic rings. The van der Waals surface area contributed by atoms with E-state index in [4.69, 9.17) is 4.74 Å². The fourth-order valence-electron chi connectivity index (χ4n) is 1.09. The summed E-state index contributed by atoms with van der Waals surface area (Å²) in [5, 5.41) is 5.92. The summed E-state index contributed by atoms with van der Waals surface area (Å²) in [6.45, 7) is 7.45. The average molecular weight is 214 g/mol. The van der Waals surface area contributed by atoms with Crippen molar-refractivity contribution in [2.45, 2.75) is 25.8 Å². The number of hydrogen-bond donors (Lipinski definition) is 2. The number of hydrogen-bond acceptors (Lipinski definition) is 3. The van der Waals surface area contributed by atoms with Crippen molar-refractivity contribution in [3.8, 4) is 0 Å². The number of ether oxygens (including phenoxy) is 1. The van der Waals surface area contributed by atoms with Crippen LogP contribution in [0.15, 0.2) is 12.7 Å². The van der Waals surface area contributed by atoms with Gasteiger partial charge in [0, 0.05) is 13.7 Å². The van der Waals surface area contributed by atoms with Crippen molar-refractivity contribution in [1.82, 2.24) is 10.6 Å². The monoisotopic (exact) mass is 214 g/mol. The van der Waals surface area contributed by atoms with Gasteiger partial charge in [0.25, 0.3) is 0 Å². The highest BCUT2D eigenvalue weighted by Gasteiger charge is 2.09. The Kier molecular flexibility index (Phi) is 9.11. The van der Waals surface area contributed by atoms with E-state index in [1.54, 1.807) is 7.11 Å². The highest BCUT2D eigenvalue weighted by atomic mass is 16.5. The SMILES string of the molecule is C=CCCCNC(C)C(=O)NCCOC. The van der Waals surface area contributed by atoms with Gasteiger partial charge in [-0.3, -0.25) is 4.79 Å². The standard InChI is InChI=1S/C11H22N2O2/c1-4-5-6-7-12-10(2)11(14)13-8-9-15-3/h4,10,12H,1,5-9H2,2-3H3,(H,13,14). The molecule has 0 heterocycles. The van der Waals surface area contributed by atoms with E-state index in [0.717, 1.165) is 19.4 Å². The van der Waals surface area contributed by atoms with Crippen LogP contribution >= 0.6 is 0 Å². The molecule has 0 aromatic rings. The summed E-state index contributed by atoms with van der Waals surface area (Å²) in [7, 11) is 1.61. The van der Waals surface area contributed by atoms with Gasteiger partial charge in [0.2, 0.25) is 5.91 Å². The van der Waals surface area contributed by atoms with Gasteiger partial charge in [-0.25, -0.2) is 0 Å². The van der Waals surface area contributed by atoms with Crippen LogP contribution in [0.3, 0.4) is 0 Å². The highest BCUT2D eigenvalue weighted by Crippen LogP contribution is 1.88. The second-order valence-electron chi connectivity index (χ2n) is 3.39. The van der Waals surface area contributed by atoms with Gasteiger partial charge in [0.15, 0.2) is 0 Å². The van der Waals surface area contributed by atoms with Crippen molar-refractivity contribution in [2.75, 3.05) is 26.8 Å². The summed E-state index contributed by atoms with van der Waals surface area (Å²) in [6.07, 6.45) is 3.87. The molecule has 4 nitrogen and oxygen atoms in total. The Labute approximate surface area is 92.1 Å². The third-order valence-corrected chi connectivity index (χ3v) is 2.03. The van der Waals surface area contributed by atoms with Crippen molar-refractivity contribution in [3.05, 3.63) is 12.7 Å². The van der Waals surface area contributed by atoms with Crippen molar-refractivity contribution >= 4 is 5.91 Å². The summed E-state index contributed by atoms with van der Waals surface area (Å²) >= 11 is 0. The number of unbranched alkanes of at least 4 members (excludes halogenated alkanes) is 1. The van der Waals surface area contributed by atoms with Crippen molar-refractivity contribution in [3.63, 3.8) is 0 Å². The van der Waals surface area contributed by atoms with E-state index in [-0.39, 0.29) is 11.9 Å². The molecular weight excluding hydrogens is 192 g/mol. The van der Waals surface area contributed by atoms with E-state index in [1.165, 1.54) is 0 Å². The predicted octanol–water partition coefficient (Wildman–Crippen LogP) is 0.693. The van der Waals surface area contributed by atoms with Gasteiger partial charge in [0.1, 0.15) is 0 Å². The minimum atomic E-state index is -0.147. The summed E-state index contributed by atoms with van der Waals surface area (Å²) in [6, 6.07) is -0.147. The summed E-state index contributed by atoms with van der Waals surface area (Å²) in [5.41, 5.74) is 0. The molecule has 0 fully saturated rings. The number of allylic oxidation sites excluding steroid dienone is 1. The number of carbonyl (C=O) groups is 1. The maximum Gasteiger partial charge on any atom is 0.236 e. The van der Waals surface area contributed by atoms with Crippen LogP contribution in [0, 0.1) is 0 Å². The van der Waals surface area contributed by atoms with Crippen LogP contribution in [0.25, 0.3) is 0 Å². The molecule has 0 aliphatic heterocycles. The lowest BCUT2D eigenvalue weighted by Crippen LogP contribution is -2.43. The lowest BCUT2D eigenvalue weighted by atomic mass is 10.2. The number of rotatable bonds is 9. The lowest BCUT2D eigenvalue weighted by molar-refractivity contribution is -0.122. The van der Waals surface area contributed by atoms with Crippen molar-refractivity contribution < 1.29 is 9.53 Å². The first-order valence-electron chi connectivity index (χ1n) is 5.33. The molecule has 2 N–H and O–H groups in total. The van der Waals surface area contributed by atoms with E-state index in [0.29, 0.717) is 13.2 Å². The minimum absolute atomic E-state index is 0.0191. The Bertz CT molecular complexity index is 183. The zero-order valence-electron chi connectivity index (χ0n) is 9.71. The normalized spacial score (nSPS) is 12.1. The molecule has 0 aliphatic carbocycles. The molecule has 88 valence electrons. The quantitative estimate of drug-likeness (QED) is 0.438. The van der Waals surface area contributed by atoms with Crippen molar-refractivity contribution in [1.29, 1.82) is 0 Å². The van der Waals surface area contributed by atoms with Crippen LogP contribution in [-0.4, -0.2) is 38.8 Å². The summed E-state index contributed by atoms with van der Waals surface area (Å²) in [4.78, 5) is 11.4. The Hall–Kier alpha value is -0.870. The average Bonchev–Trinajstić information content (AvgIpc) is 2.24. The fraction of sp³-hybridized carbons (Fsp3) is 0.727. The molecule has 0 aromatic heterocycles. The van der Waals surface area contributed by atoms with E-state index >= 15 is 0 Å². The van der Waals surface area contributed by atoms with Crippen LogP contribution in [0.2, 0.25) is 0 Å². The maximum absolute atomic E-state index is 11.4. The molecule has 1 unspecified atom stereocenters. The molecule has 0 bridgehead atoms. The number of amides is 1. The molecule has 0 rings (SSSR count). The van der Waals surface area contributed by atoms with Gasteiger partial charge in [-0.05, 0) is 26.3 Å². The number of carbonyl (C=O) groups excluding carboxylic acids is 1. The minimum Gasteiger partial charge on any atom is -0.383 e. The summed E-state index contributed by atoms with van der Waals surface area (Å²) in [5.74, 6) is 0.0191. The zero-order chi connectivity index (χ0) is 11.5. The highest BCUT2D eigenvalue weighted by molar-refractivity contribution is 5.81. The molecule has 1 amide bonds. The summed E-state index contributed by atoms with van der Waals surface area (Å²) < 4.78 is 4.84. The third kappa shape index (κ3) is 8.15. The molecule has 15 heavy (non-hydrogen) atoms. The van der Waals surface area contributed by atoms with Gasteiger partial charge in [0.05, 0.1) is 12.6 Å². The largest absolute Gasteiger partial charge is 0.383 e. The molecule has 0 saturated carbocycles. The third-order valence-electron chi connectivity index (χ3n) is 2.03. The molecule has 4 heteroatoms. The van der Waals surface area contributed by atoms with E-state index < -0.39 is 0 Å².